The van der Waals surface area contributed by atoms with Gasteiger partial charge in [0.15, 0.2) is 0 Å². The lowest BCUT2D eigenvalue weighted by atomic mass is 9.88. The number of benzene rings is 6. The van der Waals surface area contributed by atoms with Crippen molar-refractivity contribution in [3.05, 3.63) is 132 Å². The highest BCUT2D eigenvalue weighted by Gasteiger charge is 2.25. The third-order valence-corrected chi connectivity index (χ3v) is 8.99. The number of hydrogen-bond acceptors (Lipinski definition) is 2. The second-order valence-electron chi connectivity index (χ2n) is 12.5. The van der Waals surface area contributed by atoms with Crippen LogP contribution in [0.1, 0.15) is 50.7 Å². The van der Waals surface area contributed by atoms with Gasteiger partial charge in [-0.3, -0.25) is 4.57 Å². The van der Waals surface area contributed by atoms with E-state index in [9.17, 15) is 4.39 Å². The largest absolute Gasteiger partial charge is 0.455 e. The molecule has 0 fully saturated rings. The van der Waals surface area contributed by atoms with E-state index in [1.165, 1.54) is 34.0 Å². The van der Waals surface area contributed by atoms with Crippen LogP contribution in [0.5, 0.6) is 0 Å². The molecule has 0 N–H and O–H groups in total. The van der Waals surface area contributed by atoms with Crippen LogP contribution in [0.3, 0.4) is 0 Å². The molecular weight excluding hydrogens is 555 g/mol. The molecule has 0 radical (unpaired) electrons. The molecule has 0 spiro atoms. The molecule has 0 atom stereocenters. The molecule has 2 aromatic heterocycles. The Kier molecular flexibility index (Phi) is 6.35. The zero-order valence-corrected chi connectivity index (χ0v) is 25.8. The summed E-state index contributed by atoms with van der Waals surface area (Å²) >= 11 is 0. The SMILES string of the molecule is CC(C)c1cc(-c2ccccc2)cc(C(C)C)c1-n1c(-c2cccc3c2oc2c4cc(F)ccc4ccc32)nc2ccccc21. The molecule has 0 aliphatic rings. The van der Waals surface area contributed by atoms with Crippen LogP contribution in [0.15, 0.2) is 120 Å². The van der Waals surface area contributed by atoms with Crippen molar-refractivity contribution in [3.8, 4) is 28.2 Å². The molecule has 45 heavy (non-hydrogen) atoms. The predicted octanol–water partition coefficient (Wildman–Crippen LogP) is 11.8. The Morgan fingerprint density at radius 2 is 1.31 bits per heavy atom. The Hall–Kier alpha value is -5.22. The van der Waals surface area contributed by atoms with Crippen LogP contribution in [0.25, 0.3) is 71.9 Å². The van der Waals surface area contributed by atoms with Crippen molar-refractivity contribution in [2.45, 2.75) is 39.5 Å². The number of hydrogen-bond donors (Lipinski definition) is 0. The highest BCUT2D eigenvalue weighted by molar-refractivity contribution is 6.17. The fraction of sp³-hybridized carbons (Fsp3) is 0.146. The molecule has 0 unspecified atom stereocenters. The average Bonchev–Trinajstić information content (AvgIpc) is 3.63. The first kappa shape index (κ1) is 27.3. The van der Waals surface area contributed by atoms with Crippen LogP contribution >= 0.6 is 0 Å². The van der Waals surface area contributed by atoms with Gasteiger partial charge >= 0.3 is 0 Å². The van der Waals surface area contributed by atoms with E-state index in [1.807, 2.05) is 12.1 Å². The van der Waals surface area contributed by atoms with Gasteiger partial charge in [-0.25, -0.2) is 9.37 Å². The lowest BCUT2D eigenvalue weighted by molar-refractivity contribution is 0.629. The molecule has 4 heteroatoms. The van der Waals surface area contributed by atoms with Gasteiger partial charge in [0.1, 0.15) is 22.8 Å². The first-order chi connectivity index (χ1) is 21.9. The quantitative estimate of drug-likeness (QED) is 0.200. The minimum absolute atomic E-state index is 0.262. The number of fused-ring (bicyclic) bond motifs is 6. The maximum atomic E-state index is 14.4. The van der Waals surface area contributed by atoms with E-state index < -0.39 is 0 Å². The van der Waals surface area contributed by atoms with E-state index in [2.05, 4.69) is 117 Å². The molecule has 0 aliphatic heterocycles. The van der Waals surface area contributed by atoms with Gasteiger partial charge < -0.3 is 4.42 Å². The Balaban J connectivity index is 1.47. The third-order valence-electron chi connectivity index (χ3n) is 8.99. The summed E-state index contributed by atoms with van der Waals surface area (Å²) < 4.78 is 23.5. The summed E-state index contributed by atoms with van der Waals surface area (Å²) in [4.78, 5) is 5.28. The Bertz CT molecular complexity index is 2370. The number of halogens is 1. The summed E-state index contributed by atoms with van der Waals surface area (Å²) in [6.07, 6.45) is 0. The highest BCUT2D eigenvalue weighted by atomic mass is 19.1. The van der Waals surface area contributed by atoms with Crippen molar-refractivity contribution in [1.82, 2.24) is 9.55 Å². The van der Waals surface area contributed by atoms with Crippen LogP contribution in [0, 0.1) is 5.82 Å². The summed E-state index contributed by atoms with van der Waals surface area (Å²) in [7, 11) is 0. The van der Waals surface area contributed by atoms with Crippen LogP contribution in [-0.4, -0.2) is 9.55 Å². The molecule has 6 aromatic carbocycles. The van der Waals surface area contributed by atoms with Gasteiger partial charge in [0.2, 0.25) is 0 Å². The molecule has 8 aromatic rings. The molecule has 0 aliphatic carbocycles. The maximum absolute atomic E-state index is 14.4. The van der Waals surface area contributed by atoms with E-state index in [1.54, 1.807) is 12.1 Å². The monoisotopic (exact) mass is 588 g/mol. The molecule has 0 saturated carbocycles. The topological polar surface area (TPSA) is 31.0 Å². The maximum Gasteiger partial charge on any atom is 0.149 e. The van der Waals surface area contributed by atoms with Gasteiger partial charge in [0, 0.05) is 16.2 Å². The molecule has 3 nitrogen and oxygen atoms in total. The van der Waals surface area contributed by atoms with E-state index in [0.717, 1.165) is 49.5 Å². The molecule has 0 bridgehead atoms. The molecular formula is C41H33FN2O. The van der Waals surface area contributed by atoms with E-state index in [-0.39, 0.29) is 17.7 Å². The van der Waals surface area contributed by atoms with Crippen LogP contribution < -0.4 is 0 Å². The second-order valence-corrected chi connectivity index (χ2v) is 12.5. The summed E-state index contributed by atoms with van der Waals surface area (Å²) in [6, 6.07) is 38.9. The third kappa shape index (κ3) is 4.35. The molecule has 2 heterocycles. The predicted molar refractivity (Wildman–Crippen MR) is 185 cm³/mol. The fourth-order valence-corrected chi connectivity index (χ4v) is 6.77. The van der Waals surface area contributed by atoms with Crippen molar-refractivity contribution in [2.24, 2.45) is 0 Å². The summed E-state index contributed by atoms with van der Waals surface area (Å²) in [5.41, 5.74) is 10.4. The summed E-state index contributed by atoms with van der Waals surface area (Å²) in [5, 5.41) is 3.66. The zero-order valence-electron chi connectivity index (χ0n) is 25.8. The van der Waals surface area contributed by atoms with Gasteiger partial charge in [-0.1, -0.05) is 94.4 Å². The highest BCUT2D eigenvalue weighted by Crippen LogP contribution is 2.43. The number of imidazole rings is 1. The lowest BCUT2D eigenvalue weighted by Gasteiger charge is -2.24. The van der Waals surface area contributed by atoms with Crippen molar-refractivity contribution in [3.63, 3.8) is 0 Å². The standard InChI is InChI=1S/C41H33FN2O/c1-24(2)33-21-28(26-11-6-5-7-12-26)22-34(25(3)4)38(33)44-37-16-9-8-15-36(37)43-41(44)32-14-10-13-30-31-20-18-27-17-19-29(42)23-35(27)40(31)45-39(30)32/h5-25H,1-4H3. The fourth-order valence-electron chi connectivity index (χ4n) is 6.77. The normalized spacial score (nSPS) is 12.1. The molecule has 220 valence electrons. The minimum atomic E-state index is -0.279. The summed E-state index contributed by atoms with van der Waals surface area (Å²) in [5.74, 6) is 1.07. The molecule has 0 saturated heterocycles. The minimum Gasteiger partial charge on any atom is -0.455 e. The number of nitrogens with zero attached hydrogens (tertiary/aromatic N) is 2. The van der Waals surface area contributed by atoms with E-state index in [0.29, 0.717) is 5.58 Å². The van der Waals surface area contributed by atoms with Crippen LogP contribution in [-0.2, 0) is 0 Å². The molecule has 0 amide bonds. The van der Waals surface area contributed by atoms with Gasteiger partial charge in [-0.2, -0.15) is 0 Å². The smallest absolute Gasteiger partial charge is 0.149 e. The number of furan rings is 1. The lowest BCUT2D eigenvalue weighted by Crippen LogP contribution is -2.09. The van der Waals surface area contributed by atoms with Crippen LogP contribution in [0.2, 0.25) is 0 Å². The van der Waals surface area contributed by atoms with Gasteiger partial charge in [0.25, 0.3) is 0 Å². The van der Waals surface area contributed by atoms with Crippen molar-refractivity contribution >= 4 is 43.7 Å². The van der Waals surface area contributed by atoms with E-state index in [4.69, 9.17) is 9.40 Å². The van der Waals surface area contributed by atoms with Gasteiger partial charge in [-0.05, 0) is 88.0 Å². The van der Waals surface area contributed by atoms with Crippen molar-refractivity contribution in [2.75, 3.05) is 0 Å². The van der Waals surface area contributed by atoms with Crippen molar-refractivity contribution in [1.29, 1.82) is 0 Å². The zero-order chi connectivity index (χ0) is 30.8. The first-order valence-corrected chi connectivity index (χ1v) is 15.6. The Labute approximate surface area is 261 Å². The molecule has 8 rings (SSSR count). The van der Waals surface area contributed by atoms with Gasteiger partial charge in [0.05, 0.1) is 22.3 Å². The second kappa shape index (κ2) is 10.4. The Morgan fingerprint density at radius 1 is 0.622 bits per heavy atom. The number of para-hydroxylation sites is 3. The van der Waals surface area contributed by atoms with Crippen molar-refractivity contribution < 1.29 is 8.81 Å². The number of aromatic nitrogens is 2. The first-order valence-electron chi connectivity index (χ1n) is 15.6. The summed E-state index contributed by atoms with van der Waals surface area (Å²) in [6.45, 7) is 9.06. The van der Waals surface area contributed by atoms with Gasteiger partial charge in [-0.15, -0.1) is 0 Å². The van der Waals surface area contributed by atoms with E-state index >= 15 is 0 Å². The number of rotatable bonds is 5. The van der Waals surface area contributed by atoms with Crippen LogP contribution in [0.4, 0.5) is 4.39 Å². The Morgan fingerprint density at radius 3 is 2.07 bits per heavy atom. The average molecular weight is 589 g/mol.